The van der Waals surface area contributed by atoms with Crippen LogP contribution in [0.15, 0.2) is 86.4 Å². The molecule has 0 fully saturated rings. The Morgan fingerprint density at radius 3 is 2.66 bits per heavy atom. The molecule has 0 aliphatic rings. The highest BCUT2D eigenvalue weighted by molar-refractivity contribution is 7.99. The molecule has 3 aromatic carbocycles. The van der Waals surface area contributed by atoms with Crippen molar-refractivity contribution in [2.24, 2.45) is 5.10 Å². The predicted molar refractivity (Wildman–Crippen MR) is 133 cm³/mol. The van der Waals surface area contributed by atoms with E-state index < -0.39 is 10.1 Å². The summed E-state index contributed by atoms with van der Waals surface area (Å²) in [6.45, 7) is 0. The number of methoxy groups -OCH3 is 1. The maximum Gasteiger partial charge on any atom is 0.339 e. The molecule has 0 aliphatic heterocycles. The lowest BCUT2D eigenvalue weighted by molar-refractivity contribution is -0.118. The third kappa shape index (κ3) is 6.13. The molecule has 0 bridgehead atoms. The molecule has 0 saturated carbocycles. The predicted octanol–water partition coefficient (Wildman–Crippen LogP) is 4.50. The number of hydrazone groups is 1. The molecule has 1 amide bonds. The largest absolute Gasteiger partial charge is 0.493 e. The average Bonchev–Trinajstić information content (AvgIpc) is 3.28. The number of carbonyl (C=O) groups excluding carboxylic acids is 1. The van der Waals surface area contributed by atoms with E-state index in [1.165, 1.54) is 37.6 Å². The first-order chi connectivity index (χ1) is 16.9. The molecule has 0 radical (unpaired) electrons. The highest BCUT2D eigenvalue weighted by Crippen LogP contribution is 2.38. The fourth-order valence-corrected chi connectivity index (χ4v) is 4.80. The van der Waals surface area contributed by atoms with Crippen molar-refractivity contribution in [3.05, 3.63) is 77.3 Å². The Kier molecular flexibility index (Phi) is 7.59. The molecule has 0 spiro atoms. The van der Waals surface area contributed by atoms with Crippen LogP contribution in [-0.4, -0.2) is 38.4 Å². The number of nitrogens with zero attached hydrogens (tertiary/aromatic N) is 2. The molecule has 12 heteroatoms. The highest BCUT2D eigenvalue weighted by Gasteiger charge is 2.22. The summed E-state index contributed by atoms with van der Waals surface area (Å²) in [5.74, 6) is -0.413. The van der Waals surface area contributed by atoms with Gasteiger partial charge in [-0.25, -0.2) is 10.4 Å². The Balaban J connectivity index is 1.39. The van der Waals surface area contributed by atoms with Crippen molar-refractivity contribution in [2.45, 2.75) is 10.1 Å². The number of para-hydroxylation sites is 2. The minimum absolute atomic E-state index is 0.0110. The van der Waals surface area contributed by atoms with Gasteiger partial charge in [0.15, 0.2) is 11.3 Å². The van der Waals surface area contributed by atoms with Gasteiger partial charge in [0, 0.05) is 0 Å². The number of aromatic nitrogens is 1. The number of ether oxygens (including phenoxy) is 1. The molecular weight excluding hydrogens is 514 g/mol. The van der Waals surface area contributed by atoms with Gasteiger partial charge in [-0.15, -0.1) is 0 Å². The summed E-state index contributed by atoms with van der Waals surface area (Å²) in [7, 11) is -2.77. The number of oxazole rings is 1. The Hall–Kier alpha value is -3.54. The number of halogens is 1. The maximum absolute atomic E-state index is 12.5. The molecule has 4 rings (SSSR count). The van der Waals surface area contributed by atoms with Gasteiger partial charge in [-0.2, -0.15) is 13.5 Å². The van der Waals surface area contributed by atoms with Gasteiger partial charge in [-0.1, -0.05) is 53.7 Å². The lowest BCUT2D eigenvalue weighted by atomic mass is 10.2. The first-order valence-corrected chi connectivity index (χ1v) is 12.8. The van der Waals surface area contributed by atoms with Crippen LogP contribution in [0, 0.1) is 0 Å². The van der Waals surface area contributed by atoms with Crippen molar-refractivity contribution < 1.29 is 26.5 Å². The number of benzene rings is 3. The minimum Gasteiger partial charge on any atom is -0.493 e. The highest BCUT2D eigenvalue weighted by atomic mass is 35.5. The lowest BCUT2D eigenvalue weighted by Crippen LogP contribution is -2.19. The zero-order valence-electron chi connectivity index (χ0n) is 18.2. The molecule has 4 aromatic rings. The molecular formula is C23H18ClN3O6S2. The molecule has 0 saturated heterocycles. The molecule has 0 aliphatic carbocycles. The van der Waals surface area contributed by atoms with E-state index in [1.807, 2.05) is 18.2 Å². The quantitative estimate of drug-likeness (QED) is 0.145. The van der Waals surface area contributed by atoms with Gasteiger partial charge in [0.1, 0.15) is 10.4 Å². The molecule has 0 atom stereocenters. The van der Waals surface area contributed by atoms with Crippen molar-refractivity contribution >= 4 is 56.7 Å². The number of rotatable bonds is 9. The topological polar surface area (TPSA) is 120 Å². The van der Waals surface area contributed by atoms with E-state index in [0.29, 0.717) is 21.9 Å². The number of fused-ring (bicyclic) bond motifs is 1. The van der Waals surface area contributed by atoms with Crippen molar-refractivity contribution in [3.8, 4) is 11.5 Å². The number of hydrogen-bond donors (Lipinski definition) is 1. The number of hydrogen-bond acceptors (Lipinski definition) is 9. The maximum atomic E-state index is 12.5. The zero-order valence-corrected chi connectivity index (χ0v) is 20.6. The number of amides is 1. The number of carbonyl (C=O) groups is 1. The van der Waals surface area contributed by atoms with E-state index >= 15 is 0 Å². The summed E-state index contributed by atoms with van der Waals surface area (Å²) >= 11 is 7.40. The van der Waals surface area contributed by atoms with Crippen molar-refractivity contribution in [1.29, 1.82) is 0 Å². The van der Waals surface area contributed by atoms with Crippen LogP contribution in [-0.2, 0) is 14.9 Å². The van der Waals surface area contributed by atoms with Crippen LogP contribution in [0.3, 0.4) is 0 Å². The first-order valence-electron chi connectivity index (χ1n) is 10.0. The van der Waals surface area contributed by atoms with E-state index in [9.17, 15) is 13.2 Å². The summed E-state index contributed by atoms with van der Waals surface area (Å²) in [6, 6.07) is 17.9. The molecule has 1 N–H and O–H groups in total. The zero-order chi connectivity index (χ0) is 24.8. The van der Waals surface area contributed by atoms with Crippen LogP contribution in [0.4, 0.5) is 0 Å². The van der Waals surface area contributed by atoms with E-state index in [0.717, 1.165) is 11.8 Å². The van der Waals surface area contributed by atoms with Crippen LogP contribution < -0.4 is 14.3 Å². The van der Waals surface area contributed by atoms with Gasteiger partial charge in [-0.3, -0.25) is 4.79 Å². The van der Waals surface area contributed by atoms with Gasteiger partial charge in [0.2, 0.25) is 5.75 Å². The lowest BCUT2D eigenvalue weighted by Gasteiger charge is -2.13. The second-order valence-corrected chi connectivity index (χ2v) is 9.79. The third-order valence-electron chi connectivity index (χ3n) is 4.48. The second-order valence-electron chi connectivity index (χ2n) is 6.91. The first kappa shape index (κ1) is 24.6. The van der Waals surface area contributed by atoms with Crippen LogP contribution in [0.2, 0.25) is 5.02 Å². The number of nitrogens with one attached hydrogen (secondary N) is 1. The molecule has 0 unspecified atom stereocenters. The Labute approximate surface area is 210 Å². The average molecular weight is 532 g/mol. The molecule has 1 heterocycles. The Bertz CT molecular complexity index is 1460. The smallest absolute Gasteiger partial charge is 0.339 e. The van der Waals surface area contributed by atoms with E-state index in [-0.39, 0.29) is 33.1 Å². The van der Waals surface area contributed by atoms with Gasteiger partial charge in [0.05, 0.1) is 24.1 Å². The monoisotopic (exact) mass is 531 g/mol. The summed E-state index contributed by atoms with van der Waals surface area (Å²) < 4.78 is 41.1. The van der Waals surface area contributed by atoms with Gasteiger partial charge in [0.25, 0.3) is 11.1 Å². The fourth-order valence-electron chi connectivity index (χ4n) is 2.89. The van der Waals surface area contributed by atoms with E-state index in [4.69, 9.17) is 24.9 Å². The molecule has 180 valence electrons. The van der Waals surface area contributed by atoms with E-state index in [2.05, 4.69) is 15.5 Å². The van der Waals surface area contributed by atoms with Crippen molar-refractivity contribution in [2.75, 3.05) is 12.9 Å². The van der Waals surface area contributed by atoms with Crippen LogP contribution in [0.5, 0.6) is 11.5 Å². The van der Waals surface area contributed by atoms with Gasteiger partial charge in [-0.05, 0) is 42.0 Å². The van der Waals surface area contributed by atoms with Gasteiger partial charge < -0.3 is 13.3 Å². The molecule has 9 nitrogen and oxygen atoms in total. The molecule has 35 heavy (non-hydrogen) atoms. The van der Waals surface area contributed by atoms with Crippen molar-refractivity contribution in [1.82, 2.24) is 10.4 Å². The minimum atomic E-state index is -4.12. The standard InChI is InChI=1S/C23H18ClN3O6S2/c1-31-20-12-15(11-17(24)22(20)33-35(29,30)16-7-3-2-4-8-16)13-25-27-21(28)14-34-23-26-18-9-5-6-10-19(18)32-23/h2-13H,14H2,1H3,(H,27,28)/b25-13-. The molecule has 1 aromatic heterocycles. The van der Waals surface area contributed by atoms with Gasteiger partial charge >= 0.3 is 10.1 Å². The second kappa shape index (κ2) is 10.8. The van der Waals surface area contributed by atoms with Crippen molar-refractivity contribution in [3.63, 3.8) is 0 Å². The fraction of sp³-hybridized carbons (Fsp3) is 0.0870. The summed E-state index contributed by atoms with van der Waals surface area (Å²) in [4.78, 5) is 16.4. The Morgan fingerprint density at radius 1 is 1.17 bits per heavy atom. The SMILES string of the molecule is COc1cc(/C=N\NC(=O)CSc2nc3ccccc3o2)cc(Cl)c1OS(=O)(=O)c1ccccc1. The van der Waals surface area contributed by atoms with E-state index in [1.54, 1.807) is 24.3 Å². The third-order valence-corrected chi connectivity index (χ3v) is 6.83. The summed E-state index contributed by atoms with van der Waals surface area (Å²) in [6.07, 6.45) is 1.34. The normalized spacial score (nSPS) is 11.6. The van der Waals surface area contributed by atoms with Crippen LogP contribution in [0.25, 0.3) is 11.1 Å². The van der Waals surface area contributed by atoms with Crippen LogP contribution >= 0.6 is 23.4 Å². The summed E-state index contributed by atoms with van der Waals surface area (Å²) in [5, 5.41) is 4.27. The summed E-state index contributed by atoms with van der Waals surface area (Å²) in [5.41, 5.74) is 4.20. The Morgan fingerprint density at radius 2 is 1.91 bits per heavy atom. The number of thioether (sulfide) groups is 1. The van der Waals surface area contributed by atoms with Crippen LogP contribution in [0.1, 0.15) is 5.56 Å².